The van der Waals surface area contributed by atoms with E-state index < -0.39 is 19.9 Å². The minimum Gasteiger partial charge on any atom is -0.492 e. The number of carbonyl (C=O) groups excluding carboxylic acids is 1. The molecule has 0 radical (unpaired) electrons. The molecule has 1 atom stereocenters. The van der Waals surface area contributed by atoms with Gasteiger partial charge in [0.15, 0.2) is 9.84 Å². The number of sulfonamides is 1. The molecular weight excluding hydrogens is 430 g/mol. The first-order chi connectivity index (χ1) is 14.1. The number of hydrogen-bond donors (Lipinski definition) is 1. The Hall–Kier alpha value is -1.69. The molecule has 2 heterocycles. The maximum Gasteiger partial charge on any atom is 0.246 e. The van der Waals surface area contributed by atoms with Gasteiger partial charge in [0, 0.05) is 24.8 Å². The normalized spacial score (nSPS) is 21.8. The molecule has 0 saturated carbocycles. The van der Waals surface area contributed by atoms with Gasteiger partial charge in [0.2, 0.25) is 15.9 Å². The van der Waals surface area contributed by atoms with E-state index in [1.807, 2.05) is 0 Å². The maximum atomic E-state index is 13.0. The number of hydrogen-bond acceptors (Lipinski definition) is 7. The van der Waals surface area contributed by atoms with Crippen molar-refractivity contribution in [1.82, 2.24) is 9.21 Å². The molecule has 2 aliphatic heterocycles. The average Bonchev–Trinajstić information content (AvgIpc) is 3.33. The number of likely N-dealkylation sites (N-methyl/N-ethyl adjacent to an activating group) is 1. The summed E-state index contributed by atoms with van der Waals surface area (Å²) in [7, 11) is -5.04. The second-order valence-corrected chi connectivity index (χ2v) is 11.9. The monoisotopic (exact) mass is 459 g/mol. The van der Waals surface area contributed by atoms with Crippen LogP contribution in [0.15, 0.2) is 23.1 Å². The van der Waals surface area contributed by atoms with E-state index in [1.165, 1.54) is 10.4 Å². The fraction of sp³-hybridized carbons (Fsp3) is 0.632. The zero-order valence-corrected chi connectivity index (χ0v) is 19.0. The minimum atomic E-state index is -3.72. The average molecular weight is 460 g/mol. The largest absolute Gasteiger partial charge is 0.492 e. The van der Waals surface area contributed by atoms with Crippen LogP contribution in [0.3, 0.4) is 0 Å². The van der Waals surface area contributed by atoms with Crippen LogP contribution in [0, 0.1) is 0 Å². The summed E-state index contributed by atoms with van der Waals surface area (Å²) in [6.45, 7) is 3.06. The fourth-order valence-electron chi connectivity index (χ4n) is 3.81. The fourth-order valence-corrected chi connectivity index (χ4v) is 7.29. The van der Waals surface area contributed by atoms with E-state index in [0.717, 1.165) is 12.8 Å². The number of anilines is 1. The zero-order valence-electron chi connectivity index (χ0n) is 17.3. The number of ether oxygens (including phenoxy) is 1. The van der Waals surface area contributed by atoms with Crippen LogP contribution in [0.4, 0.5) is 5.69 Å². The van der Waals surface area contributed by atoms with Gasteiger partial charge in [0.1, 0.15) is 10.6 Å². The van der Waals surface area contributed by atoms with Gasteiger partial charge in [-0.2, -0.15) is 4.31 Å². The highest BCUT2D eigenvalue weighted by atomic mass is 32.2. The Morgan fingerprint density at radius 1 is 1.30 bits per heavy atom. The second-order valence-electron chi connectivity index (χ2n) is 7.73. The third-order valence-corrected chi connectivity index (χ3v) is 9.11. The van der Waals surface area contributed by atoms with Crippen molar-refractivity contribution >= 4 is 31.5 Å². The van der Waals surface area contributed by atoms with Crippen LogP contribution in [0.2, 0.25) is 0 Å². The first kappa shape index (κ1) is 23.0. The molecule has 1 N–H and O–H groups in total. The molecular formula is C19H29N3O6S2. The molecule has 2 fully saturated rings. The third-order valence-electron chi connectivity index (χ3n) is 5.43. The lowest BCUT2D eigenvalue weighted by atomic mass is 10.2. The van der Waals surface area contributed by atoms with Crippen LogP contribution in [0.25, 0.3) is 0 Å². The van der Waals surface area contributed by atoms with Crippen molar-refractivity contribution < 1.29 is 26.4 Å². The molecule has 0 spiro atoms. The van der Waals surface area contributed by atoms with Crippen molar-refractivity contribution in [1.29, 1.82) is 0 Å². The summed E-state index contributed by atoms with van der Waals surface area (Å²) in [5, 5.41) is 2.72. The molecule has 9 nitrogen and oxygen atoms in total. The molecule has 0 bridgehead atoms. The van der Waals surface area contributed by atoms with Gasteiger partial charge < -0.3 is 10.1 Å². The predicted molar refractivity (Wildman–Crippen MR) is 114 cm³/mol. The quantitative estimate of drug-likeness (QED) is 0.615. The first-order valence-corrected chi connectivity index (χ1v) is 13.4. The van der Waals surface area contributed by atoms with Gasteiger partial charge in [-0.1, -0.05) is 0 Å². The molecule has 1 aromatic carbocycles. The van der Waals surface area contributed by atoms with E-state index in [9.17, 15) is 21.6 Å². The number of sulfone groups is 1. The van der Waals surface area contributed by atoms with Crippen molar-refractivity contribution in [3.63, 3.8) is 0 Å². The zero-order chi connectivity index (χ0) is 21.9. The molecule has 11 heteroatoms. The van der Waals surface area contributed by atoms with Crippen LogP contribution < -0.4 is 10.1 Å². The Morgan fingerprint density at radius 2 is 2.00 bits per heavy atom. The van der Waals surface area contributed by atoms with Gasteiger partial charge >= 0.3 is 0 Å². The number of benzene rings is 1. The van der Waals surface area contributed by atoms with Gasteiger partial charge in [-0.3, -0.25) is 9.69 Å². The van der Waals surface area contributed by atoms with Crippen molar-refractivity contribution in [2.45, 2.75) is 37.1 Å². The highest BCUT2D eigenvalue weighted by Gasteiger charge is 2.32. The number of carbonyl (C=O) groups is 1. The van der Waals surface area contributed by atoms with Crippen molar-refractivity contribution in [3.8, 4) is 5.75 Å². The Morgan fingerprint density at radius 3 is 2.60 bits per heavy atom. The number of rotatable bonds is 8. The Bertz CT molecular complexity index is 988. The number of amides is 1. The summed E-state index contributed by atoms with van der Waals surface area (Å²) in [6, 6.07) is 4.39. The maximum absolute atomic E-state index is 13.0. The molecule has 0 aliphatic carbocycles. The van der Waals surface area contributed by atoms with Crippen molar-refractivity contribution in [3.05, 3.63) is 18.2 Å². The first-order valence-electron chi connectivity index (χ1n) is 10.1. The van der Waals surface area contributed by atoms with Gasteiger partial charge in [-0.15, -0.1) is 0 Å². The van der Waals surface area contributed by atoms with Crippen molar-refractivity contribution in [2.24, 2.45) is 0 Å². The lowest BCUT2D eigenvalue weighted by Crippen LogP contribution is -2.38. The van der Waals surface area contributed by atoms with Crippen LogP contribution >= 0.6 is 0 Å². The summed E-state index contributed by atoms with van der Waals surface area (Å²) in [5.41, 5.74) is 0.355. The molecule has 3 rings (SSSR count). The predicted octanol–water partition coefficient (Wildman–Crippen LogP) is 0.927. The molecule has 1 amide bonds. The van der Waals surface area contributed by atoms with Crippen molar-refractivity contribution in [2.75, 3.05) is 50.1 Å². The van der Waals surface area contributed by atoms with Gasteiger partial charge in [0.25, 0.3) is 0 Å². The minimum absolute atomic E-state index is 0.0155. The Labute approximate surface area is 178 Å². The van der Waals surface area contributed by atoms with Crippen LogP contribution in [-0.2, 0) is 24.7 Å². The number of nitrogens with zero attached hydrogens (tertiary/aromatic N) is 2. The van der Waals surface area contributed by atoms with E-state index in [4.69, 9.17) is 4.74 Å². The standard InChI is InChI=1S/C19H29N3O6S2/c1-3-28-17-7-6-15(12-18(17)30(26,27)22-9-4-5-10-22)20-19(23)13-21(2)16-8-11-29(24,25)14-16/h6-7,12,16H,3-5,8-11,13-14H2,1-2H3,(H,20,23)/t16-/m1/s1. The highest BCUT2D eigenvalue weighted by molar-refractivity contribution is 7.91. The molecule has 1 aromatic rings. The second kappa shape index (κ2) is 9.21. The molecule has 0 aromatic heterocycles. The van der Waals surface area contributed by atoms with Gasteiger partial charge in [-0.25, -0.2) is 16.8 Å². The van der Waals surface area contributed by atoms with Crippen LogP contribution in [0.1, 0.15) is 26.2 Å². The Balaban J connectivity index is 1.74. The lowest BCUT2D eigenvalue weighted by molar-refractivity contribution is -0.117. The van der Waals surface area contributed by atoms with Gasteiger partial charge in [0.05, 0.1) is 24.7 Å². The summed E-state index contributed by atoms with van der Waals surface area (Å²) in [6.07, 6.45) is 2.15. The third kappa shape index (κ3) is 5.32. The molecule has 30 heavy (non-hydrogen) atoms. The summed E-state index contributed by atoms with van der Waals surface area (Å²) >= 11 is 0. The van der Waals surface area contributed by atoms with Crippen LogP contribution in [0.5, 0.6) is 5.75 Å². The van der Waals surface area contributed by atoms with Gasteiger partial charge in [-0.05, 0) is 51.4 Å². The lowest BCUT2D eigenvalue weighted by Gasteiger charge is -2.22. The Kier molecular flexibility index (Phi) is 7.05. The summed E-state index contributed by atoms with van der Waals surface area (Å²) in [5.74, 6) is 0.115. The topological polar surface area (TPSA) is 113 Å². The molecule has 2 saturated heterocycles. The molecule has 2 aliphatic rings. The smallest absolute Gasteiger partial charge is 0.246 e. The van der Waals surface area contributed by atoms with E-state index >= 15 is 0 Å². The molecule has 168 valence electrons. The van der Waals surface area contributed by atoms with E-state index in [2.05, 4.69) is 5.32 Å². The number of nitrogens with one attached hydrogen (secondary N) is 1. The van der Waals surface area contributed by atoms with E-state index in [0.29, 0.717) is 31.8 Å². The highest BCUT2D eigenvalue weighted by Crippen LogP contribution is 2.31. The van der Waals surface area contributed by atoms with Crippen LogP contribution in [-0.4, -0.2) is 82.8 Å². The van der Waals surface area contributed by atoms with E-state index in [1.54, 1.807) is 31.0 Å². The summed E-state index contributed by atoms with van der Waals surface area (Å²) < 4.78 is 56.3. The van der Waals surface area contributed by atoms with E-state index in [-0.39, 0.29) is 40.6 Å². The SMILES string of the molecule is CCOc1ccc(NC(=O)CN(C)[C@@H]2CCS(=O)(=O)C2)cc1S(=O)(=O)N1CCCC1. The summed E-state index contributed by atoms with van der Waals surface area (Å²) in [4.78, 5) is 14.2. The molecule has 0 unspecified atom stereocenters.